The molecule has 1 heterocycles. The average molecular weight is 286 g/mol. The minimum atomic E-state index is 0.425. The largest absolute Gasteiger partial charge is 0.307 e. The van der Waals surface area contributed by atoms with Gasteiger partial charge in [0.2, 0.25) is 0 Å². The molecule has 1 aromatic heterocycles. The second-order valence-electron chi connectivity index (χ2n) is 6.32. The van der Waals surface area contributed by atoms with E-state index in [1.165, 1.54) is 37.0 Å². The van der Waals surface area contributed by atoms with Gasteiger partial charge in [-0.25, -0.2) is 0 Å². The minimum Gasteiger partial charge on any atom is -0.307 e. The molecule has 102 valence electrons. The van der Waals surface area contributed by atoms with E-state index in [1.807, 2.05) is 6.07 Å². The summed E-state index contributed by atoms with van der Waals surface area (Å²) in [5.41, 5.74) is 0.534. The third-order valence-electron chi connectivity index (χ3n) is 4.08. The minimum absolute atomic E-state index is 0.425. The highest BCUT2D eigenvalue weighted by atomic mass is 35.5. The van der Waals surface area contributed by atoms with Gasteiger partial charge in [0.1, 0.15) is 0 Å². The molecule has 1 aliphatic carbocycles. The van der Waals surface area contributed by atoms with Gasteiger partial charge in [0, 0.05) is 17.0 Å². The summed E-state index contributed by atoms with van der Waals surface area (Å²) in [6.07, 6.45) is 6.67. The predicted molar refractivity (Wildman–Crippen MR) is 81.5 cm³/mol. The number of hydrogen-bond acceptors (Lipinski definition) is 2. The molecule has 1 N–H and O–H groups in total. The van der Waals surface area contributed by atoms with Crippen LogP contribution in [0.4, 0.5) is 0 Å². The fraction of sp³-hybridized carbons (Fsp3) is 0.733. The maximum absolute atomic E-state index is 6.00. The van der Waals surface area contributed by atoms with Crippen LogP contribution >= 0.6 is 22.9 Å². The Morgan fingerprint density at radius 3 is 2.78 bits per heavy atom. The highest BCUT2D eigenvalue weighted by Gasteiger charge is 2.25. The van der Waals surface area contributed by atoms with Gasteiger partial charge in [0.05, 0.1) is 4.34 Å². The van der Waals surface area contributed by atoms with E-state index in [-0.39, 0.29) is 0 Å². The molecule has 1 saturated carbocycles. The second-order valence-corrected chi connectivity index (χ2v) is 8.07. The Hall–Kier alpha value is -0.0500. The summed E-state index contributed by atoms with van der Waals surface area (Å²) in [6.45, 7) is 7.05. The molecule has 1 nitrogen and oxygen atoms in total. The number of hydrogen-bond donors (Lipinski definition) is 1. The maximum atomic E-state index is 6.00. The molecule has 0 bridgehead atoms. The molecular formula is C15H24ClNS. The number of nitrogens with one attached hydrogen (secondary N) is 1. The predicted octanol–water partition coefficient (Wildman–Crippen LogP) is 5.41. The van der Waals surface area contributed by atoms with E-state index in [2.05, 4.69) is 32.2 Å². The van der Waals surface area contributed by atoms with Crippen LogP contribution in [0.2, 0.25) is 4.34 Å². The lowest BCUT2D eigenvalue weighted by atomic mass is 9.85. The zero-order valence-electron chi connectivity index (χ0n) is 11.6. The van der Waals surface area contributed by atoms with Gasteiger partial charge < -0.3 is 5.32 Å². The molecule has 1 aromatic rings. The summed E-state index contributed by atoms with van der Waals surface area (Å²) in [4.78, 5) is 1.35. The lowest BCUT2D eigenvalue weighted by molar-refractivity contribution is 0.308. The van der Waals surface area contributed by atoms with Crippen molar-refractivity contribution in [2.75, 3.05) is 0 Å². The molecule has 0 saturated heterocycles. The zero-order valence-corrected chi connectivity index (χ0v) is 13.2. The van der Waals surface area contributed by atoms with Crippen molar-refractivity contribution in [3.05, 3.63) is 21.3 Å². The quantitative estimate of drug-likeness (QED) is 0.732. The molecule has 1 aliphatic rings. The fourth-order valence-corrected chi connectivity index (χ4v) is 3.90. The SMILES string of the molecule is CC(NC1CCCC(C)(C)CC1)c1ccc(Cl)s1. The standard InChI is InChI=1S/C15H24ClNS/c1-11(13-6-7-14(16)18-13)17-12-5-4-9-15(2,3)10-8-12/h6-7,11-12,17H,4-5,8-10H2,1-3H3. The molecule has 2 rings (SSSR count). The molecule has 0 aromatic carbocycles. The molecule has 0 aliphatic heterocycles. The van der Waals surface area contributed by atoms with Crippen molar-refractivity contribution < 1.29 is 0 Å². The lowest BCUT2D eigenvalue weighted by Gasteiger charge is -2.23. The van der Waals surface area contributed by atoms with E-state index in [4.69, 9.17) is 11.6 Å². The molecule has 2 unspecified atom stereocenters. The summed E-state index contributed by atoms with van der Waals surface area (Å²) in [6, 6.07) is 5.23. The monoisotopic (exact) mass is 285 g/mol. The summed E-state index contributed by atoms with van der Waals surface area (Å²) in [5, 5.41) is 3.78. The first-order valence-corrected chi connectivity index (χ1v) is 8.17. The summed E-state index contributed by atoms with van der Waals surface area (Å²) in [7, 11) is 0. The Morgan fingerprint density at radius 1 is 1.33 bits per heavy atom. The Balaban J connectivity index is 1.89. The van der Waals surface area contributed by atoms with Crippen LogP contribution in [0, 0.1) is 5.41 Å². The maximum Gasteiger partial charge on any atom is 0.0931 e. The molecular weight excluding hydrogens is 262 g/mol. The first-order chi connectivity index (χ1) is 8.46. The highest BCUT2D eigenvalue weighted by Crippen LogP contribution is 2.35. The number of rotatable bonds is 3. The van der Waals surface area contributed by atoms with Crippen LogP contribution in [0.5, 0.6) is 0 Å². The van der Waals surface area contributed by atoms with Gasteiger partial charge in [-0.2, -0.15) is 0 Å². The Kier molecular flexibility index (Phi) is 4.74. The van der Waals surface area contributed by atoms with E-state index >= 15 is 0 Å². The smallest absolute Gasteiger partial charge is 0.0931 e. The summed E-state index contributed by atoms with van der Waals surface area (Å²) < 4.78 is 0.889. The molecule has 0 spiro atoms. The van der Waals surface area contributed by atoms with E-state index < -0.39 is 0 Å². The van der Waals surface area contributed by atoms with E-state index in [0.717, 1.165) is 4.34 Å². The summed E-state index contributed by atoms with van der Waals surface area (Å²) >= 11 is 7.69. The van der Waals surface area contributed by atoms with Crippen molar-refractivity contribution >= 4 is 22.9 Å². The first kappa shape index (κ1) is 14.4. The van der Waals surface area contributed by atoms with Crippen LogP contribution in [0.25, 0.3) is 0 Å². The van der Waals surface area contributed by atoms with Crippen molar-refractivity contribution in [1.82, 2.24) is 5.32 Å². The van der Waals surface area contributed by atoms with Crippen molar-refractivity contribution in [2.45, 2.75) is 65.0 Å². The molecule has 1 fully saturated rings. The van der Waals surface area contributed by atoms with E-state index in [9.17, 15) is 0 Å². The Bertz CT molecular complexity index is 386. The average Bonchev–Trinajstić information content (AvgIpc) is 2.65. The van der Waals surface area contributed by atoms with E-state index in [1.54, 1.807) is 11.3 Å². The van der Waals surface area contributed by atoms with E-state index in [0.29, 0.717) is 17.5 Å². The summed E-state index contributed by atoms with van der Waals surface area (Å²) in [5.74, 6) is 0. The lowest BCUT2D eigenvalue weighted by Crippen LogP contribution is -2.30. The van der Waals surface area contributed by atoms with Gasteiger partial charge in [-0.3, -0.25) is 0 Å². The third-order valence-corrected chi connectivity index (χ3v) is 5.50. The van der Waals surface area contributed by atoms with Gasteiger partial charge in [-0.1, -0.05) is 31.9 Å². The van der Waals surface area contributed by atoms with Crippen molar-refractivity contribution in [2.24, 2.45) is 5.41 Å². The van der Waals surface area contributed by atoms with Crippen molar-refractivity contribution in [3.63, 3.8) is 0 Å². The van der Waals surface area contributed by atoms with Crippen LogP contribution in [-0.2, 0) is 0 Å². The van der Waals surface area contributed by atoms with Gasteiger partial charge in [0.25, 0.3) is 0 Å². The van der Waals surface area contributed by atoms with Crippen LogP contribution < -0.4 is 5.32 Å². The topological polar surface area (TPSA) is 12.0 Å². The van der Waals surface area contributed by atoms with Gasteiger partial charge >= 0.3 is 0 Å². The molecule has 2 atom stereocenters. The second kappa shape index (κ2) is 5.94. The third kappa shape index (κ3) is 3.97. The van der Waals surface area contributed by atoms with Crippen LogP contribution in [-0.4, -0.2) is 6.04 Å². The van der Waals surface area contributed by atoms with Crippen molar-refractivity contribution in [1.29, 1.82) is 0 Å². The van der Waals surface area contributed by atoms with Gasteiger partial charge in [0.15, 0.2) is 0 Å². The van der Waals surface area contributed by atoms with Crippen molar-refractivity contribution in [3.8, 4) is 0 Å². The normalized spacial score (nSPS) is 25.7. The van der Waals surface area contributed by atoms with Crippen LogP contribution in [0.1, 0.15) is 63.8 Å². The van der Waals surface area contributed by atoms with Crippen LogP contribution in [0.3, 0.4) is 0 Å². The Labute approximate surface area is 120 Å². The molecule has 0 amide bonds. The zero-order chi connectivity index (χ0) is 13.2. The molecule has 0 radical (unpaired) electrons. The number of halogens is 1. The van der Waals surface area contributed by atoms with Gasteiger partial charge in [-0.05, 0) is 50.2 Å². The molecule has 3 heteroatoms. The first-order valence-electron chi connectivity index (χ1n) is 6.97. The fourth-order valence-electron chi connectivity index (χ4n) is 2.82. The number of thiophene rings is 1. The Morgan fingerprint density at radius 2 is 2.11 bits per heavy atom. The van der Waals surface area contributed by atoms with Crippen LogP contribution in [0.15, 0.2) is 12.1 Å². The highest BCUT2D eigenvalue weighted by molar-refractivity contribution is 7.16. The van der Waals surface area contributed by atoms with Gasteiger partial charge in [-0.15, -0.1) is 11.3 Å². The molecule has 18 heavy (non-hydrogen) atoms.